The molecule has 0 aliphatic heterocycles. The van der Waals surface area contributed by atoms with Crippen LogP contribution in [0.1, 0.15) is 11.1 Å². The molecule has 0 aliphatic carbocycles. The number of hydrogen-bond acceptors (Lipinski definition) is 2. The summed E-state index contributed by atoms with van der Waals surface area (Å²) in [5.41, 5.74) is 7.51. The van der Waals surface area contributed by atoms with Gasteiger partial charge in [0.2, 0.25) is 0 Å². The van der Waals surface area contributed by atoms with Gasteiger partial charge in [-0.3, -0.25) is 0 Å². The van der Waals surface area contributed by atoms with Crippen LogP contribution in [0.25, 0.3) is 0 Å². The second-order valence-electron chi connectivity index (χ2n) is 5.54. The van der Waals surface area contributed by atoms with Gasteiger partial charge in [-0.2, -0.15) is 0 Å². The molecule has 106 valence electrons. The Labute approximate surface area is 120 Å². The van der Waals surface area contributed by atoms with Crippen molar-refractivity contribution in [2.45, 2.75) is 12.0 Å². The van der Waals surface area contributed by atoms with Crippen LogP contribution >= 0.6 is 0 Å². The van der Waals surface area contributed by atoms with E-state index in [0.717, 1.165) is 5.56 Å². The lowest BCUT2D eigenvalue weighted by Crippen LogP contribution is -2.48. The first-order valence-electron chi connectivity index (χ1n) is 6.74. The summed E-state index contributed by atoms with van der Waals surface area (Å²) in [6, 6.07) is 16.8. The molecule has 0 saturated carbocycles. The van der Waals surface area contributed by atoms with Crippen molar-refractivity contribution in [1.29, 1.82) is 0 Å². The van der Waals surface area contributed by atoms with Gasteiger partial charge in [-0.15, -0.1) is 0 Å². The van der Waals surface area contributed by atoms with Gasteiger partial charge in [0.15, 0.2) is 0 Å². The number of nitrogens with two attached hydrogens (primary N) is 1. The summed E-state index contributed by atoms with van der Waals surface area (Å²) in [6.07, 6.45) is 0.604. The van der Waals surface area contributed by atoms with E-state index in [2.05, 4.69) is 0 Å². The summed E-state index contributed by atoms with van der Waals surface area (Å²) in [5, 5.41) is 0. The van der Waals surface area contributed by atoms with Gasteiger partial charge in [-0.1, -0.05) is 48.5 Å². The molecule has 1 atom stereocenters. The van der Waals surface area contributed by atoms with Crippen LogP contribution in [0.4, 0.5) is 4.39 Å². The highest BCUT2D eigenvalue weighted by atomic mass is 19.1. The molecule has 0 bridgehead atoms. The van der Waals surface area contributed by atoms with E-state index in [9.17, 15) is 4.39 Å². The van der Waals surface area contributed by atoms with Gasteiger partial charge in [0.1, 0.15) is 5.82 Å². The summed E-state index contributed by atoms with van der Waals surface area (Å²) < 4.78 is 14.1. The zero-order valence-electron chi connectivity index (χ0n) is 12.0. The average molecular weight is 272 g/mol. The molecule has 0 heterocycles. The molecule has 0 saturated heterocycles. The maximum Gasteiger partial charge on any atom is 0.128 e. The van der Waals surface area contributed by atoms with Crippen LogP contribution < -0.4 is 5.73 Å². The fraction of sp³-hybridized carbons (Fsp3) is 0.294. The lowest BCUT2D eigenvalue weighted by molar-refractivity contribution is 0.277. The van der Waals surface area contributed by atoms with Crippen LogP contribution in [0, 0.1) is 5.82 Å². The largest absolute Gasteiger partial charge is 0.320 e. The van der Waals surface area contributed by atoms with E-state index >= 15 is 0 Å². The lowest BCUT2D eigenvalue weighted by atomic mass is 9.84. The van der Waals surface area contributed by atoms with Gasteiger partial charge in [0, 0.05) is 12.1 Å². The molecule has 0 aliphatic rings. The molecular weight excluding hydrogens is 251 g/mol. The monoisotopic (exact) mass is 272 g/mol. The quantitative estimate of drug-likeness (QED) is 0.907. The minimum atomic E-state index is -0.740. The Morgan fingerprint density at radius 2 is 1.60 bits per heavy atom. The van der Waals surface area contributed by atoms with Crippen molar-refractivity contribution in [2.24, 2.45) is 5.73 Å². The summed E-state index contributed by atoms with van der Waals surface area (Å²) >= 11 is 0. The average Bonchev–Trinajstić information content (AvgIpc) is 2.39. The van der Waals surface area contributed by atoms with Crippen LogP contribution in [-0.2, 0) is 12.0 Å². The van der Waals surface area contributed by atoms with Crippen molar-refractivity contribution >= 4 is 0 Å². The maximum absolute atomic E-state index is 14.1. The predicted molar refractivity (Wildman–Crippen MR) is 81.0 cm³/mol. The van der Waals surface area contributed by atoms with Gasteiger partial charge in [0.05, 0.1) is 5.54 Å². The smallest absolute Gasteiger partial charge is 0.128 e. The third kappa shape index (κ3) is 3.44. The Hall–Kier alpha value is -1.71. The standard InChI is InChI=1S/C17H21FN2/c1-20(2)13-17(19,12-14-8-4-3-5-9-14)15-10-6-7-11-16(15)18/h3-11H,12-13,19H2,1-2H3. The maximum atomic E-state index is 14.1. The van der Waals surface area contributed by atoms with E-state index in [1.807, 2.05) is 55.4 Å². The van der Waals surface area contributed by atoms with E-state index < -0.39 is 5.54 Å². The van der Waals surface area contributed by atoms with Crippen molar-refractivity contribution in [2.75, 3.05) is 20.6 Å². The van der Waals surface area contributed by atoms with Crippen molar-refractivity contribution in [3.63, 3.8) is 0 Å². The van der Waals surface area contributed by atoms with E-state index in [1.54, 1.807) is 12.1 Å². The molecule has 0 spiro atoms. The van der Waals surface area contributed by atoms with E-state index in [0.29, 0.717) is 18.5 Å². The first-order chi connectivity index (χ1) is 9.51. The Kier molecular flexibility index (Phi) is 4.53. The summed E-state index contributed by atoms with van der Waals surface area (Å²) in [7, 11) is 3.90. The van der Waals surface area contributed by atoms with E-state index in [1.165, 1.54) is 6.07 Å². The van der Waals surface area contributed by atoms with Crippen LogP contribution in [0.15, 0.2) is 54.6 Å². The van der Waals surface area contributed by atoms with Crippen molar-refractivity contribution in [3.8, 4) is 0 Å². The highest BCUT2D eigenvalue weighted by Crippen LogP contribution is 2.26. The highest BCUT2D eigenvalue weighted by molar-refractivity contribution is 5.30. The third-order valence-corrected chi connectivity index (χ3v) is 3.37. The topological polar surface area (TPSA) is 29.3 Å². The number of likely N-dealkylation sites (N-methyl/N-ethyl adjacent to an activating group) is 1. The van der Waals surface area contributed by atoms with Gasteiger partial charge >= 0.3 is 0 Å². The van der Waals surface area contributed by atoms with E-state index in [-0.39, 0.29) is 5.82 Å². The van der Waals surface area contributed by atoms with Crippen molar-refractivity contribution in [1.82, 2.24) is 4.90 Å². The molecule has 2 rings (SSSR count). The molecule has 0 aromatic heterocycles. The van der Waals surface area contributed by atoms with Crippen molar-refractivity contribution in [3.05, 3.63) is 71.5 Å². The molecule has 0 fully saturated rings. The minimum absolute atomic E-state index is 0.243. The minimum Gasteiger partial charge on any atom is -0.320 e. The number of hydrogen-bond donors (Lipinski definition) is 1. The SMILES string of the molecule is CN(C)CC(N)(Cc1ccccc1)c1ccccc1F. The van der Waals surface area contributed by atoms with Crippen LogP contribution in [0.5, 0.6) is 0 Å². The number of nitrogens with zero attached hydrogens (tertiary/aromatic N) is 1. The third-order valence-electron chi connectivity index (χ3n) is 3.37. The Morgan fingerprint density at radius 3 is 2.20 bits per heavy atom. The fourth-order valence-corrected chi connectivity index (χ4v) is 2.63. The normalized spacial score (nSPS) is 14.2. The van der Waals surface area contributed by atoms with Crippen molar-refractivity contribution < 1.29 is 4.39 Å². The number of halogens is 1. The first-order valence-corrected chi connectivity index (χ1v) is 6.74. The molecular formula is C17H21FN2. The Balaban J connectivity index is 2.38. The Bertz CT molecular complexity index is 554. The zero-order valence-corrected chi connectivity index (χ0v) is 12.0. The molecule has 1 unspecified atom stereocenters. The molecule has 2 N–H and O–H groups in total. The van der Waals surface area contributed by atoms with Crippen LogP contribution in [-0.4, -0.2) is 25.5 Å². The highest BCUT2D eigenvalue weighted by Gasteiger charge is 2.31. The first kappa shape index (κ1) is 14.7. The molecule has 2 aromatic rings. The predicted octanol–water partition coefficient (Wildman–Crippen LogP) is 2.78. The molecule has 2 aromatic carbocycles. The Morgan fingerprint density at radius 1 is 1.00 bits per heavy atom. The molecule has 2 nitrogen and oxygen atoms in total. The molecule has 0 amide bonds. The number of benzene rings is 2. The number of rotatable bonds is 5. The van der Waals surface area contributed by atoms with Crippen LogP contribution in [0.2, 0.25) is 0 Å². The molecule has 0 radical (unpaired) electrons. The van der Waals surface area contributed by atoms with Crippen LogP contribution in [0.3, 0.4) is 0 Å². The van der Waals surface area contributed by atoms with Gasteiger partial charge in [-0.05, 0) is 32.1 Å². The van der Waals surface area contributed by atoms with Gasteiger partial charge in [-0.25, -0.2) is 4.39 Å². The summed E-state index contributed by atoms with van der Waals surface area (Å²) in [4.78, 5) is 2.00. The summed E-state index contributed by atoms with van der Waals surface area (Å²) in [5.74, 6) is -0.243. The van der Waals surface area contributed by atoms with Gasteiger partial charge in [0.25, 0.3) is 0 Å². The summed E-state index contributed by atoms with van der Waals surface area (Å²) in [6.45, 7) is 0.586. The lowest BCUT2D eigenvalue weighted by Gasteiger charge is -2.33. The van der Waals surface area contributed by atoms with Gasteiger partial charge < -0.3 is 10.6 Å². The fourth-order valence-electron chi connectivity index (χ4n) is 2.63. The molecule has 3 heteroatoms. The second-order valence-corrected chi connectivity index (χ2v) is 5.54. The zero-order chi connectivity index (χ0) is 14.6. The molecule has 20 heavy (non-hydrogen) atoms. The van der Waals surface area contributed by atoms with E-state index in [4.69, 9.17) is 5.73 Å². The second kappa shape index (κ2) is 6.16.